The molecule has 1 unspecified atom stereocenters. The van der Waals surface area contributed by atoms with Crippen LogP contribution in [0, 0.1) is 11.3 Å². The molecule has 0 saturated carbocycles. The van der Waals surface area contributed by atoms with Gasteiger partial charge in [0.2, 0.25) is 0 Å². The summed E-state index contributed by atoms with van der Waals surface area (Å²) < 4.78 is 0. The zero-order valence-corrected chi connectivity index (χ0v) is 11.3. The van der Waals surface area contributed by atoms with Gasteiger partial charge < -0.3 is 5.32 Å². The fourth-order valence-electron chi connectivity index (χ4n) is 2.70. The molecule has 2 aromatic carbocycles. The van der Waals surface area contributed by atoms with Crippen LogP contribution >= 0.6 is 11.6 Å². The second-order valence-electron chi connectivity index (χ2n) is 4.75. The average Bonchev–Trinajstić information content (AvgIpc) is 2.75. The minimum atomic E-state index is -0.785. The highest BCUT2D eigenvalue weighted by Gasteiger charge is 2.43. The van der Waals surface area contributed by atoms with Gasteiger partial charge in [-0.05, 0) is 29.3 Å². The summed E-state index contributed by atoms with van der Waals surface area (Å²) in [6.45, 7) is 0. The van der Waals surface area contributed by atoms with Crippen molar-refractivity contribution in [3.8, 4) is 6.07 Å². The van der Waals surface area contributed by atoms with Crippen molar-refractivity contribution in [2.45, 2.75) is 12.0 Å². The van der Waals surface area contributed by atoms with E-state index in [-0.39, 0.29) is 12.3 Å². The van der Waals surface area contributed by atoms with E-state index < -0.39 is 5.54 Å². The maximum Gasteiger partial charge on any atom is 0.252 e. The third-order valence-corrected chi connectivity index (χ3v) is 3.89. The first-order valence-corrected chi connectivity index (χ1v) is 6.60. The standard InChI is InChI=1S/C16H11ClN2O/c17-12-7-5-11(6-8-12)16(9-10-18)14-4-2-1-3-13(14)15(20)19-16/h1-8H,9H2,(H,19,20). The number of benzene rings is 2. The summed E-state index contributed by atoms with van der Waals surface area (Å²) in [5.74, 6) is -0.147. The van der Waals surface area contributed by atoms with E-state index >= 15 is 0 Å². The van der Waals surface area contributed by atoms with Gasteiger partial charge in [-0.15, -0.1) is 0 Å². The molecule has 3 nitrogen and oxygen atoms in total. The van der Waals surface area contributed by atoms with Crippen LogP contribution in [0.2, 0.25) is 5.02 Å². The van der Waals surface area contributed by atoms with Crippen LogP contribution in [0.25, 0.3) is 0 Å². The number of nitriles is 1. The molecule has 1 aliphatic rings. The number of halogens is 1. The highest BCUT2D eigenvalue weighted by atomic mass is 35.5. The number of hydrogen-bond donors (Lipinski definition) is 1. The Labute approximate surface area is 121 Å². The lowest BCUT2D eigenvalue weighted by molar-refractivity contribution is 0.0941. The van der Waals surface area contributed by atoms with Crippen molar-refractivity contribution in [2.75, 3.05) is 0 Å². The Hall–Kier alpha value is -2.31. The second-order valence-corrected chi connectivity index (χ2v) is 5.18. The third kappa shape index (κ3) is 1.77. The maximum atomic E-state index is 12.1. The van der Waals surface area contributed by atoms with E-state index in [9.17, 15) is 10.1 Å². The molecule has 1 heterocycles. The van der Waals surface area contributed by atoms with Gasteiger partial charge in [0.15, 0.2) is 0 Å². The van der Waals surface area contributed by atoms with Crippen molar-refractivity contribution in [3.63, 3.8) is 0 Å². The quantitative estimate of drug-likeness (QED) is 0.919. The Bertz CT molecular complexity index is 718. The molecule has 0 radical (unpaired) electrons. The predicted octanol–water partition coefficient (Wildman–Crippen LogP) is 3.24. The van der Waals surface area contributed by atoms with Crippen molar-refractivity contribution in [1.29, 1.82) is 5.26 Å². The molecule has 3 rings (SSSR count). The van der Waals surface area contributed by atoms with E-state index in [1.54, 1.807) is 18.2 Å². The van der Waals surface area contributed by atoms with Crippen LogP contribution in [0.5, 0.6) is 0 Å². The van der Waals surface area contributed by atoms with Gasteiger partial charge in [0.25, 0.3) is 5.91 Å². The average molecular weight is 283 g/mol. The molecular formula is C16H11ClN2O. The van der Waals surface area contributed by atoms with E-state index in [0.717, 1.165) is 11.1 Å². The first-order chi connectivity index (χ1) is 9.67. The fraction of sp³-hybridized carbons (Fsp3) is 0.125. The van der Waals surface area contributed by atoms with Crippen molar-refractivity contribution in [2.24, 2.45) is 0 Å². The number of fused-ring (bicyclic) bond motifs is 1. The monoisotopic (exact) mass is 282 g/mol. The van der Waals surface area contributed by atoms with Crippen molar-refractivity contribution < 1.29 is 4.79 Å². The van der Waals surface area contributed by atoms with Gasteiger partial charge in [0, 0.05) is 10.6 Å². The lowest BCUT2D eigenvalue weighted by Gasteiger charge is -2.28. The maximum absolute atomic E-state index is 12.1. The molecule has 0 spiro atoms. The largest absolute Gasteiger partial charge is 0.337 e. The smallest absolute Gasteiger partial charge is 0.252 e. The van der Waals surface area contributed by atoms with Crippen LogP contribution in [0.4, 0.5) is 0 Å². The molecule has 1 N–H and O–H groups in total. The molecule has 1 atom stereocenters. The summed E-state index contributed by atoms with van der Waals surface area (Å²) in [6, 6.07) is 16.8. The molecule has 20 heavy (non-hydrogen) atoms. The number of rotatable bonds is 2. The van der Waals surface area contributed by atoms with Gasteiger partial charge in [-0.3, -0.25) is 4.79 Å². The summed E-state index contributed by atoms with van der Waals surface area (Å²) >= 11 is 5.92. The van der Waals surface area contributed by atoms with Crippen LogP contribution in [-0.2, 0) is 5.54 Å². The van der Waals surface area contributed by atoms with Gasteiger partial charge in [0.05, 0.1) is 12.5 Å². The van der Waals surface area contributed by atoms with E-state index in [4.69, 9.17) is 11.6 Å². The first-order valence-electron chi connectivity index (χ1n) is 6.22. The number of carbonyl (C=O) groups is 1. The molecule has 0 aliphatic carbocycles. The molecule has 0 bridgehead atoms. The van der Waals surface area contributed by atoms with Crippen molar-refractivity contribution in [3.05, 3.63) is 70.2 Å². The molecule has 4 heteroatoms. The zero-order chi connectivity index (χ0) is 14.2. The zero-order valence-electron chi connectivity index (χ0n) is 10.6. The molecule has 1 aliphatic heterocycles. The minimum Gasteiger partial charge on any atom is -0.337 e. The van der Waals surface area contributed by atoms with Gasteiger partial charge in [0.1, 0.15) is 5.54 Å². The van der Waals surface area contributed by atoms with Crippen LogP contribution in [0.3, 0.4) is 0 Å². The minimum absolute atomic E-state index is 0.147. The van der Waals surface area contributed by atoms with Gasteiger partial charge in [-0.2, -0.15) is 5.26 Å². The fourth-order valence-corrected chi connectivity index (χ4v) is 2.83. The predicted molar refractivity (Wildman–Crippen MR) is 76.4 cm³/mol. The Morgan fingerprint density at radius 1 is 1.15 bits per heavy atom. The lowest BCUT2D eigenvalue weighted by Crippen LogP contribution is -2.40. The molecule has 0 fully saturated rings. The van der Waals surface area contributed by atoms with E-state index in [1.165, 1.54) is 0 Å². The number of amides is 1. The van der Waals surface area contributed by atoms with E-state index in [2.05, 4.69) is 11.4 Å². The SMILES string of the molecule is N#CCC1(c2ccc(Cl)cc2)NC(=O)c2ccccc21. The Morgan fingerprint density at radius 2 is 1.85 bits per heavy atom. The van der Waals surface area contributed by atoms with Crippen molar-refractivity contribution >= 4 is 17.5 Å². The van der Waals surface area contributed by atoms with Crippen LogP contribution in [-0.4, -0.2) is 5.91 Å². The van der Waals surface area contributed by atoms with Crippen LogP contribution < -0.4 is 5.32 Å². The summed E-state index contributed by atoms with van der Waals surface area (Å²) in [5.41, 5.74) is 1.54. The number of hydrogen-bond acceptors (Lipinski definition) is 2. The highest BCUT2D eigenvalue weighted by molar-refractivity contribution is 6.30. The summed E-state index contributed by atoms with van der Waals surface area (Å²) in [6.07, 6.45) is 0.178. The number of nitrogens with zero attached hydrogens (tertiary/aromatic N) is 1. The molecule has 98 valence electrons. The third-order valence-electron chi connectivity index (χ3n) is 3.64. The lowest BCUT2D eigenvalue weighted by atomic mass is 9.81. The van der Waals surface area contributed by atoms with Gasteiger partial charge in [-0.1, -0.05) is 41.9 Å². The van der Waals surface area contributed by atoms with Crippen molar-refractivity contribution in [1.82, 2.24) is 5.32 Å². The van der Waals surface area contributed by atoms with Gasteiger partial charge >= 0.3 is 0 Å². The second kappa shape index (κ2) is 4.66. The number of nitrogens with one attached hydrogen (secondary N) is 1. The van der Waals surface area contributed by atoms with E-state index in [0.29, 0.717) is 10.6 Å². The Balaban J connectivity index is 2.23. The molecule has 0 aromatic heterocycles. The van der Waals surface area contributed by atoms with Crippen LogP contribution in [0.1, 0.15) is 27.9 Å². The molecular weight excluding hydrogens is 272 g/mol. The summed E-state index contributed by atoms with van der Waals surface area (Å²) in [5, 5.41) is 12.8. The van der Waals surface area contributed by atoms with E-state index in [1.807, 2.05) is 30.3 Å². The Morgan fingerprint density at radius 3 is 2.55 bits per heavy atom. The molecule has 1 amide bonds. The van der Waals surface area contributed by atoms with Gasteiger partial charge in [-0.25, -0.2) is 0 Å². The molecule has 0 saturated heterocycles. The topological polar surface area (TPSA) is 52.9 Å². The number of carbonyl (C=O) groups excluding carboxylic acids is 1. The summed E-state index contributed by atoms with van der Waals surface area (Å²) in [4.78, 5) is 12.1. The highest BCUT2D eigenvalue weighted by Crippen LogP contribution is 2.39. The Kier molecular flexibility index (Phi) is 2.96. The molecule has 2 aromatic rings. The summed E-state index contributed by atoms with van der Waals surface area (Å²) in [7, 11) is 0. The van der Waals surface area contributed by atoms with Crippen LogP contribution in [0.15, 0.2) is 48.5 Å². The first kappa shape index (κ1) is 12.7. The normalized spacial score (nSPS) is 20.1.